The molecule has 0 fully saturated rings. The SMILES string of the molecule is c1ccc(-c2nc3ccccc3n2-c2cccc(-c3cc4c(c5ccccc35)-c3c(ccc5ccccc35)C43c4ccccc4-c4ccccc43)c2)cc1. The van der Waals surface area contributed by atoms with Crippen LogP contribution in [0.5, 0.6) is 0 Å². The fraction of sp³-hybridized carbons (Fsp3) is 0.0192. The van der Waals surface area contributed by atoms with Crippen molar-refractivity contribution >= 4 is 32.6 Å². The van der Waals surface area contributed by atoms with Crippen LogP contribution in [0, 0.1) is 0 Å². The summed E-state index contributed by atoms with van der Waals surface area (Å²) in [7, 11) is 0. The lowest BCUT2D eigenvalue weighted by atomic mass is 9.70. The van der Waals surface area contributed by atoms with Crippen LogP contribution in [0.25, 0.3) is 83.0 Å². The molecule has 0 radical (unpaired) electrons. The van der Waals surface area contributed by atoms with Gasteiger partial charge in [0, 0.05) is 11.3 Å². The predicted molar refractivity (Wildman–Crippen MR) is 223 cm³/mol. The number of imidazole rings is 1. The predicted octanol–water partition coefficient (Wildman–Crippen LogP) is 13.0. The fourth-order valence-electron chi connectivity index (χ4n) is 9.87. The maximum Gasteiger partial charge on any atom is 0.145 e. The number of rotatable bonds is 3. The minimum atomic E-state index is -0.459. The lowest BCUT2D eigenvalue weighted by Crippen LogP contribution is -2.26. The minimum Gasteiger partial charge on any atom is -0.292 e. The molecule has 0 atom stereocenters. The normalized spacial score (nSPS) is 13.3. The molecule has 10 aromatic rings. The van der Waals surface area contributed by atoms with Crippen LogP contribution in [-0.4, -0.2) is 9.55 Å². The van der Waals surface area contributed by atoms with Crippen molar-refractivity contribution in [3.8, 4) is 50.5 Å². The highest BCUT2D eigenvalue weighted by Crippen LogP contribution is 2.65. The summed E-state index contributed by atoms with van der Waals surface area (Å²) in [5.74, 6) is 0.938. The van der Waals surface area contributed by atoms with Crippen LogP contribution < -0.4 is 0 Å². The largest absolute Gasteiger partial charge is 0.292 e. The quantitative estimate of drug-likeness (QED) is 0.181. The molecule has 0 saturated heterocycles. The van der Waals surface area contributed by atoms with Gasteiger partial charge in [0.25, 0.3) is 0 Å². The molecule has 0 aliphatic heterocycles. The molecule has 250 valence electrons. The number of hydrogen-bond donors (Lipinski definition) is 0. The average molecular weight is 685 g/mol. The molecule has 1 heterocycles. The first-order chi connectivity index (χ1) is 26.8. The number of nitrogens with zero attached hydrogens (tertiary/aromatic N) is 2. The number of fused-ring (bicyclic) bond motifs is 15. The molecule has 1 spiro atoms. The molecular weight excluding hydrogens is 653 g/mol. The molecule has 0 N–H and O–H groups in total. The molecule has 0 unspecified atom stereocenters. The van der Waals surface area contributed by atoms with Crippen molar-refractivity contribution in [2.45, 2.75) is 5.41 Å². The Hall–Kier alpha value is -7.03. The zero-order valence-corrected chi connectivity index (χ0v) is 29.4. The van der Waals surface area contributed by atoms with Gasteiger partial charge in [-0.1, -0.05) is 164 Å². The topological polar surface area (TPSA) is 17.8 Å². The summed E-state index contributed by atoms with van der Waals surface area (Å²) in [6.07, 6.45) is 0. The molecule has 1 aromatic heterocycles. The average Bonchev–Trinajstić information content (AvgIpc) is 3.88. The van der Waals surface area contributed by atoms with Gasteiger partial charge >= 0.3 is 0 Å². The van der Waals surface area contributed by atoms with Crippen molar-refractivity contribution in [2.75, 3.05) is 0 Å². The molecule has 54 heavy (non-hydrogen) atoms. The van der Waals surface area contributed by atoms with Crippen molar-refractivity contribution < 1.29 is 0 Å². The fourth-order valence-corrected chi connectivity index (χ4v) is 9.87. The maximum atomic E-state index is 5.16. The van der Waals surface area contributed by atoms with E-state index in [1.807, 2.05) is 0 Å². The standard InChI is InChI=1S/C52H32N2/c1-2-16-34(17-3-1)51-53-47-27-12-13-28-48(47)54(51)36-19-14-18-35(31-36)42-32-46-50(41-24-7-6-21-38(41)42)49-37-20-5-4-15-33(37)29-30-45(49)52(46)43-25-10-8-22-39(43)40-23-9-11-26-44(40)52/h1-32H. The first-order valence-electron chi connectivity index (χ1n) is 18.7. The molecule has 0 bridgehead atoms. The van der Waals surface area contributed by atoms with Crippen molar-refractivity contribution in [1.29, 1.82) is 0 Å². The second kappa shape index (κ2) is 11.0. The van der Waals surface area contributed by atoms with Crippen molar-refractivity contribution in [3.05, 3.63) is 216 Å². The second-order valence-corrected chi connectivity index (χ2v) is 14.6. The van der Waals surface area contributed by atoms with Crippen molar-refractivity contribution in [1.82, 2.24) is 9.55 Å². The molecule has 0 amide bonds. The first-order valence-corrected chi connectivity index (χ1v) is 18.7. The highest BCUT2D eigenvalue weighted by Gasteiger charge is 2.52. The van der Waals surface area contributed by atoms with E-state index in [1.54, 1.807) is 0 Å². The third kappa shape index (κ3) is 3.81. The molecule has 0 saturated carbocycles. The Morgan fingerprint density at radius 1 is 0.389 bits per heavy atom. The highest BCUT2D eigenvalue weighted by molar-refractivity contribution is 6.16. The molecule has 2 aliphatic carbocycles. The minimum absolute atomic E-state index is 0.459. The summed E-state index contributed by atoms with van der Waals surface area (Å²) in [4.78, 5) is 5.16. The van der Waals surface area contributed by atoms with Gasteiger partial charge in [0.1, 0.15) is 5.82 Å². The number of hydrogen-bond acceptors (Lipinski definition) is 1. The van der Waals surface area contributed by atoms with E-state index < -0.39 is 5.41 Å². The van der Waals surface area contributed by atoms with Gasteiger partial charge in [0.15, 0.2) is 0 Å². The van der Waals surface area contributed by atoms with E-state index in [9.17, 15) is 0 Å². The molecule has 2 heteroatoms. The smallest absolute Gasteiger partial charge is 0.145 e. The lowest BCUT2D eigenvalue weighted by molar-refractivity contribution is 0.795. The monoisotopic (exact) mass is 684 g/mol. The molecule has 12 rings (SSSR count). The van der Waals surface area contributed by atoms with Gasteiger partial charge in [-0.2, -0.15) is 0 Å². The van der Waals surface area contributed by atoms with Crippen LogP contribution in [-0.2, 0) is 5.41 Å². The Morgan fingerprint density at radius 2 is 1.02 bits per heavy atom. The summed E-state index contributed by atoms with van der Waals surface area (Å²) in [5, 5.41) is 5.10. The molecule has 2 nitrogen and oxygen atoms in total. The summed E-state index contributed by atoms with van der Waals surface area (Å²) in [5.41, 5.74) is 17.0. The molecular formula is C52H32N2. The lowest BCUT2D eigenvalue weighted by Gasteiger charge is -2.31. The van der Waals surface area contributed by atoms with Gasteiger partial charge in [-0.15, -0.1) is 0 Å². The second-order valence-electron chi connectivity index (χ2n) is 14.6. The van der Waals surface area contributed by atoms with Crippen LogP contribution in [0.2, 0.25) is 0 Å². The van der Waals surface area contributed by atoms with Crippen LogP contribution >= 0.6 is 0 Å². The zero-order chi connectivity index (χ0) is 35.4. The van der Waals surface area contributed by atoms with Crippen LogP contribution in [0.3, 0.4) is 0 Å². The summed E-state index contributed by atoms with van der Waals surface area (Å²) in [6.45, 7) is 0. The first kappa shape index (κ1) is 29.5. The summed E-state index contributed by atoms with van der Waals surface area (Å²) < 4.78 is 2.32. The molecule has 2 aliphatic rings. The Kier molecular flexibility index (Phi) is 6.01. The van der Waals surface area contributed by atoms with E-state index in [4.69, 9.17) is 4.98 Å². The van der Waals surface area contributed by atoms with E-state index in [-0.39, 0.29) is 0 Å². The van der Waals surface area contributed by atoms with Gasteiger partial charge < -0.3 is 0 Å². The van der Waals surface area contributed by atoms with Gasteiger partial charge in [0.2, 0.25) is 0 Å². The van der Waals surface area contributed by atoms with Gasteiger partial charge in [-0.05, 0) is 108 Å². The third-order valence-corrected chi connectivity index (χ3v) is 12.0. The zero-order valence-electron chi connectivity index (χ0n) is 29.4. The van der Waals surface area contributed by atoms with Gasteiger partial charge in [-0.25, -0.2) is 4.98 Å². The van der Waals surface area contributed by atoms with Crippen molar-refractivity contribution in [3.63, 3.8) is 0 Å². The Bertz CT molecular complexity index is 3120. The van der Waals surface area contributed by atoms with Crippen molar-refractivity contribution in [2.24, 2.45) is 0 Å². The van der Waals surface area contributed by atoms with Gasteiger partial charge in [-0.3, -0.25) is 4.57 Å². The number of aromatic nitrogens is 2. The van der Waals surface area contributed by atoms with E-state index in [1.165, 1.54) is 77.2 Å². The highest BCUT2D eigenvalue weighted by atomic mass is 15.1. The Labute approximate surface area is 313 Å². The Balaban J connectivity index is 1.19. The third-order valence-electron chi connectivity index (χ3n) is 12.0. The van der Waals surface area contributed by atoms with Crippen LogP contribution in [0.1, 0.15) is 22.3 Å². The van der Waals surface area contributed by atoms with E-state index in [0.29, 0.717) is 0 Å². The van der Waals surface area contributed by atoms with Crippen LogP contribution in [0.15, 0.2) is 194 Å². The summed E-state index contributed by atoms with van der Waals surface area (Å²) >= 11 is 0. The van der Waals surface area contributed by atoms with Crippen LogP contribution in [0.4, 0.5) is 0 Å². The van der Waals surface area contributed by atoms with E-state index >= 15 is 0 Å². The van der Waals surface area contributed by atoms with Gasteiger partial charge in [0.05, 0.1) is 16.4 Å². The maximum absolute atomic E-state index is 5.16. The number of benzene rings is 9. The Morgan fingerprint density at radius 3 is 1.83 bits per heavy atom. The molecule has 9 aromatic carbocycles. The van der Waals surface area contributed by atoms with E-state index in [0.717, 1.165) is 28.1 Å². The van der Waals surface area contributed by atoms with E-state index in [2.05, 4.69) is 199 Å². The number of para-hydroxylation sites is 2. The summed E-state index contributed by atoms with van der Waals surface area (Å²) in [6, 6.07) is 71.4.